The van der Waals surface area contributed by atoms with Crippen LogP contribution >= 0.6 is 0 Å². The summed E-state index contributed by atoms with van der Waals surface area (Å²) >= 11 is 0. The number of ether oxygens (including phenoxy) is 3. The number of rotatable bonds is 49. The Labute approximate surface area is 374 Å². The van der Waals surface area contributed by atoms with Crippen molar-refractivity contribution in [3.05, 3.63) is 36.5 Å². The predicted octanol–water partition coefficient (Wildman–Crippen LogP) is 17.8. The molecule has 0 amide bonds. The topological polar surface area (TPSA) is 61.8 Å². The number of hydrogen-bond donors (Lipinski definition) is 0. The molecule has 0 aliphatic carbocycles. The van der Waals surface area contributed by atoms with Crippen molar-refractivity contribution < 1.29 is 23.8 Å². The lowest BCUT2D eigenvalue weighted by atomic mass is 10.0. The first-order valence-corrected chi connectivity index (χ1v) is 26.5. The zero-order valence-corrected chi connectivity index (χ0v) is 40.5. The van der Waals surface area contributed by atoms with Crippen LogP contribution in [0, 0.1) is 0 Å². The van der Waals surface area contributed by atoms with Crippen LogP contribution in [0.2, 0.25) is 0 Å². The molecule has 0 N–H and O–H groups in total. The first-order chi connectivity index (χ1) is 29.6. The summed E-state index contributed by atoms with van der Waals surface area (Å²) in [6.45, 7) is 7.74. The van der Waals surface area contributed by atoms with Crippen LogP contribution < -0.4 is 0 Å². The van der Waals surface area contributed by atoms with Crippen molar-refractivity contribution in [3.8, 4) is 0 Å². The first kappa shape index (κ1) is 58.1. The Bertz CT molecular complexity index is 955. The standard InChI is InChI=1S/C55H102O5/c1-4-7-10-13-16-19-22-25-27-29-32-35-38-41-44-47-50-58-51-53(60-55(57)49-46-43-40-37-34-30-24-21-18-15-12-9-6-3)52-59-54(56)48-45-42-39-36-33-31-28-26-23-20-17-14-11-8-5-2/h7,10,16,19,25,27,53H,4-6,8-9,11-15,17-18,20-24,26,28-52H2,1-3H3/b10-7-,19-16-,27-25-. The van der Waals surface area contributed by atoms with Gasteiger partial charge in [0.05, 0.1) is 6.61 Å². The van der Waals surface area contributed by atoms with Crippen molar-refractivity contribution in [1.29, 1.82) is 0 Å². The molecule has 0 saturated heterocycles. The van der Waals surface area contributed by atoms with Gasteiger partial charge in [0, 0.05) is 19.4 Å². The predicted molar refractivity (Wildman–Crippen MR) is 261 cm³/mol. The van der Waals surface area contributed by atoms with E-state index in [0.717, 1.165) is 64.2 Å². The largest absolute Gasteiger partial charge is 0.462 e. The maximum Gasteiger partial charge on any atom is 0.306 e. The van der Waals surface area contributed by atoms with Gasteiger partial charge in [-0.05, 0) is 51.4 Å². The number of carbonyl (C=O) groups is 2. The van der Waals surface area contributed by atoms with Gasteiger partial charge in [-0.1, -0.05) is 250 Å². The summed E-state index contributed by atoms with van der Waals surface area (Å²) in [5.74, 6) is -0.388. The molecule has 0 aliphatic rings. The van der Waals surface area contributed by atoms with E-state index in [0.29, 0.717) is 19.4 Å². The van der Waals surface area contributed by atoms with Crippen LogP contribution in [0.4, 0.5) is 0 Å². The number of unbranched alkanes of at least 4 members (excludes halogenated alkanes) is 32. The maximum absolute atomic E-state index is 12.8. The Morgan fingerprint density at radius 2 is 0.750 bits per heavy atom. The van der Waals surface area contributed by atoms with Gasteiger partial charge in [-0.3, -0.25) is 9.59 Å². The van der Waals surface area contributed by atoms with Crippen LogP contribution in [-0.4, -0.2) is 37.9 Å². The highest BCUT2D eigenvalue weighted by atomic mass is 16.6. The van der Waals surface area contributed by atoms with Crippen LogP contribution in [0.5, 0.6) is 0 Å². The van der Waals surface area contributed by atoms with E-state index in [1.165, 1.54) is 180 Å². The Balaban J connectivity index is 4.24. The average molecular weight is 843 g/mol. The van der Waals surface area contributed by atoms with Crippen molar-refractivity contribution in [2.24, 2.45) is 0 Å². The number of allylic oxidation sites excluding steroid dienone is 6. The summed E-state index contributed by atoms with van der Waals surface area (Å²) in [4.78, 5) is 25.4. The molecule has 5 heteroatoms. The third-order valence-corrected chi connectivity index (χ3v) is 11.7. The molecule has 0 aliphatic heterocycles. The lowest BCUT2D eigenvalue weighted by molar-refractivity contribution is -0.163. The first-order valence-electron chi connectivity index (χ1n) is 26.5. The molecule has 352 valence electrons. The van der Waals surface area contributed by atoms with Crippen molar-refractivity contribution in [2.75, 3.05) is 19.8 Å². The van der Waals surface area contributed by atoms with E-state index in [1.54, 1.807) is 0 Å². The van der Waals surface area contributed by atoms with E-state index >= 15 is 0 Å². The normalized spacial score (nSPS) is 12.4. The molecule has 5 nitrogen and oxygen atoms in total. The van der Waals surface area contributed by atoms with Gasteiger partial charge in [-0.25, -0.2) is 0 Å². The molecule has 0 spiro atoms. The van der Waals surface area contributed by atoms with Crippen LogP contribution in [0.1, 0.15) is 278 Å². The quantitative estimate of drug-likeness (QED) is 0.0347. The number of esters is 2. The Morgan fingerprint density at radius 1 is 0.383 bits per heavy atom. The van der Waals surface area contributed by atoms with Gasteiger partial charge in [-0.2, -0.15) is 0 Å². The second-order valence-electron chi connectivity index (χ2n) is 17.8. The SMILES string of the molecule is CC/C=C\C/C=C\C/C=C\CCCCCCCCOCC(COC(=O)CCCCCCCCCCCCCCCCC)OC(=O)CCCCCCCCCCCCCCC. The average Bonchev–Trinajstić information content (AvgIpc) is 3.25. The van der Waals surface area contributed by atoms with Crippen molar-refractivity contribution in [3.63, 3.8) is 0 Å². The third-order valence-electron chi connectivity index (χ3n) is 11.7. The van der Waals surface area contributed by atoms with E-state index in [1.807, 2.05) is 0 Å². The summed E-state index contributed by atoms with van der Waals surface area (Å²) in [7, 11) is 0. The molecule has 0 saturated carbocycles. The smallest absolute Gasteiger partial charge is 0.306 e. The fourth-order valence-electron chi connectivity index (χ4n) is 7.76. The molecule has 1 unspecified atom stereocenters. The molecule has 0 aromatic carbocycles. The maximum atomic E-state index is 12.8. The van der Waals surface area contributed by atoms with Crippen molar-refractivity contribution in [2.45, 2.75) is 284 Å². The van der Waals surface area contributed by atoms with E-state index in [4.69, 9.17) is 14.2 Å². The molecular formula is C55H102O5. The summed E-state index contributed by atoms with van der Waals surface area (Å²) in [6.07, 6.45) is 61.5. The molecule has 0 aromatic rings. The molecule has 0 radical (unpaired) electrons. The van der Waals surface area contributed by atoms with Gasteiger partial charge in [-0.15, -0.1) is 0 Å². The lowest BCUT2D eigenvalue weighted by Gasteiger charge is -2.18. The van der Waals surface area contributed by atoms with E-state index in [-0.39, 0.29) is 25.2 Å². The van der Waals surface area contributed by atoms with Gasteiger partial charge < -0.3 is 14.2 Å². The summed E-state index contributed by atoms with van der Waals surface area (Å²) in [6, 6.07) is 0. The molecule has 60 heavy (non-hydrogen) atoms. The van der Waals surface area contributed by atoms with Crippen LogP contribution in [0.25, 0.3) is 0 Å². The lowest BCUT2D eigenvalue weighted by Crippen LogP contribution is -2.30. The fraction of sp³-hybridized carbons (Fsp3) is 0.855. The van der Waals surface area contributed by atoms with Crippen LogP contribution in [0.3, 0.4) is 0 Å². The zero-order valence-electron chi connectivity index (χ0n) is 40.5. The second-order valence-corrected chi connectivity index (χ2v) is 17.8. The fourth-order valence-corrected chi connectivity index (χ4v) is 7.76. The highest BCUT2D eigenvalue weighted by Crippen LogP contribution is 2.16. The molecule has 0 bridgehead atoms. The van der Waals surface area contributed by atoms with E-state index < -0.39 is 6.10 Å². The Kier molecular flexibility index (Phi) is 49.9. The third kappa shape index (κ3) is 48.8. The number of hydrogen-bond acceptors (Lipinski definition) is 5. The monoisotopic (exact) mass is 843 g/mol. The molecule has 1 atom stereocenters. The highest BCUT2D eigenvalue weighted by molar-refractivity contribution is 5.70. The summed E-state index contributed by atoms with van der Waals surface area (Å²) in [5.41, 5.74) is 0. The van der Waals surface area contributed by atoms with Gasteiger partial charge in [0.15, 0.2) is 6.10 Å². The molecule has 0 heterocycles. The van der Waals surface area contributed by atoms with Gasteiger partial charge in [0.25, 0.3) is 0 Å². The minimum absolute atomic E-state index is 0.0863. The minimum atomic E-state index is -0.536. The van der Waals surface area contributed by atoms with E-state index in [9.17, 15) is 9.59 Å². The second kappa shape index (κ2) is 51.5. The summed E-state index contributed by atoms with van der Waals surface area (Å²) < 4.78 is 17.4. The summed E-state index contributed by atoms with van der Waals surface area (Å²) in [5, 5.41) is 0. The van der Waals surface area contributed by atoms with Crippen molar-refractivity contribution in [1.82, 2.24) is 0 Å². The molecule has 0 fully saturated rings. The van der Waals surface area contributed by atoms with Gasteiger partial charge >= 0.3 is 11.9 Å². The van der Waals surface area contributed by atoms with E-state index in [2.05, 4.69) is 57.2 Å². The molecular weight excluding hydrogens is 741 g/mol. The molecule has 0 aromatic heterocycles. The van der Waals surface area contributed by atoms with Crippen LogP contribution in [0.15, 0.2) is 36.5 Å². The van der Waals surface area contributed by atoms with Gasteiger partial charge in [0.2, 0.25) is 0 Å². The number of carbonyl (C=O) groups excluding carboxylic acids is 2. The molecule has 0 rings (SSSR count). The Morgan fingerprint density at radius 3 is 1.20 bits per heavy atom. The van der Waals surface area contributed by atoms with Gasteiger partial charge in [0.1, 0.15) is 6.61 Å². The highest BCUT2D eigenvalue weighted by Gasteiger charge is 2.17. The Hall–Kier alpha value is -1.88. The minimum Gasteiger partial charge on any atom is -0.462 e. The van der Waals surface area contributed by atoms with Crippen molar-refractivity contribution >= 4 is 11.9 Å². The zero-order chi connectivity index (χ0) is 43.5. The van der Waals surface area contributed by atoms with Crippen LogP contribution in [-0.2, 0) is 23.8 Å².